The molecule has 1 saturated heterocycles. The molecule has 0 aromatic rings. The summed E-state index contributed by atoms with van der Waals surface area (Å²) < 4.78 is 0. The molecule has 1 heterocycles. The highest BCUT2D eigenvalue weighted by Gasteiger charge is 2.62. The molecule has 10 atom stereocenters. The molecule has 0 unspecified atom stereocenters. The van der Waals surface area contributed by atoms with E-state index in [0.29, 0.717) is 19.3 Å². The predicted octanol–water partition coefficient (Wildman–Crippen LogP) is 2.96. The van der Waals surface area contributed by atoms with E-state index < -0.39 is 17.6 Å². The van der Waals surface area contributed by atoms with Gasteiger partial charge in [-0.15, -0.1) is 0 Å². The van der Waals surface area contributed by atoms with Gasteiger partial charge in [-0.1, -0.05) is 13.8 Å². The lowest BCUT2D eigenvalue weighted by Gasteiger charge is -2.57. The smallest absolute Gasteiger partial charge is 0.303 e. The number of hydrogen-bond donors (Lipinski definition) is 4. The molecule has 3 aliphatic carbocycles. The topological polar surface area (TPSA) is 107 Å². The van der Waals surface area contributed by atoms with Crippen LogP contribution >= 0.6 is 0 Å². The highest BCUT2D eigenvalue weighted by atomic mass is 16.4. The predicted molar refractivity (Wildman–Crippen MR) is 112 cm³/mol. The maximum absolute atomic E-state index is 13.2. The average Bonchev–Trinajstić information content (AvgIpc) is 2.92. The molecular formula is C24H39NO5. The van der Waals surface area contributed by atoms with Gasteiger partial charge in [0.25, 0.3) is 0 Å². The van der Waals surface area contributed by atoms with Crippen LogP contribution < -0.4 is 5.32 Å². The van der Waals surface area contributed by atoms with Crippen LogP contribution in [-0.4, -0.2) is 44.9 Å². The fraction of sp³-hybridized carbons (Fsp3) is 0.917. The summed E-state index contributed by atoms with van der Waals surface area (Å²) in [6, 6.07) is 0. The summed E-state index contributed by atoms with van der Waals surface area (Å²) in [4.78, 5) is 24.3. The average molecular weight is 422 g/mol. The lowest BCUT2D eigenvalue weighted by Crippen LogP contribution is -2.58. The van der Waals surface area contributed by atoms with Gasteiger partial charge < -0.3 is 20.6 Å². The number of amides is 1. The van der Waals surface area contributed by atoms with E-state index in [0.717, 1.165) is 32.1 Å². The van der Waals surface area contributed by atoms with Gasteiger partial charge in [-0.2, -0.15) is 0 Å². The van der Waals surface area contributed by atoms with Crippen molar-refractivity contribution in [3.8, 4) is 0 Å². The van der Waals surface area contributed by atoms with E-state index in [4.69, 9.17) is 5.11 Å². The minimum atomic E-state index is -0.771. The number of carboxylic acids is 1. The second-order valence-electron chi connectivity index (χ2n) is 11.4. The van der Waals surface area contributed by atoms with Gasteiger partial charge in [-0.25, -0.2) is 0 Å². The minimum absolute atomic E-state index is 0.0152. The molecule has 0 aromatic carbocycles. The molecule has 6 heteroatoms. The number of carbonyl (C=O) groups excluding carboxylic acids is 1. The minimum Gasteiger partial charge on any atom is -0.481 e. The van der Waals surface area contributed by atoms with Crippen molar-refractivity contribution in [1.82, 2.24) is 5.32 Å². The van der Waals surface area contributed by atoms with Crippen molar-refractivity contribution in [3.63, 3.8) is 0 Å². The summed E-state index contributed by atoms with van der Waals surface area (Å²) in [5.74, 6) is 0.450. The van der Waals surface area contributed by atoms with Crippen LogP contribution in [0.2, 0.25) is 0 Å². The Morgan fingerprint density at radius 3 is 2.60 bits per heavy atom. The normalized spacial score (nSPS) is 49.2. The van der Waals surface area contributed by atoms with Crippen molar-refractivity contribution in [2.24, 2.45) is 40.9 Å². The van der Waals surface area contributed by atoms with Crippen LogP contribution in [-0.2, 0) is 9.59 Å². The van der Waals surface area contributed by atoms with Gasteiger partial charge in [-0.3, -0.25) is 9.59 Å². The third-order valence-electron chi connectivity index (χ3n) is 9.90. The van der Waals surface area contributed by atoms with Gasteiger partial charge in [0.1, 0.15) is 0 Å². The quantitative estimate of drug-likeness (QED) is 0.558. The second kappa shape index (κ2) is 7.77. The number of aliphatic hydroxyl groups excluding tert-OH is 2. The Balaban J connectivity index is 1.65. The number of fused-ring (bicyclic) bond motifs is 5. The monoisotopic (exact) mass is 421 g/mol. The van der Waals surface area contributed by atoms with Gasteiger partial charge in [-0.05, 0) is 92.8 Å². The molecule has 3 saturated carbocycles. The number of rotatable bonds is 4. The Labute approximate surface area is 179 Å². The van der Waals surface area contributed by atoms with Gasteiger partial charge in [0, 0.05) is 18.4 Å². The summed E-state index contributed by atoms with van der Waals surface area (Å²) >= 11 is 0. The fourth-order valence-electron chi connectivity index (χ4n) is 8.32. The van der Waals surface area contributed by atoms with E-state index in [-0.39, 0.29) is 59.4 Å². The van der Waals surface area contributed by atoms with Crippen LogP contribution in [0.1, 0.15) is 78.6 Å². The van der Waals surface area contributed by atoms with E-state index in [9.17, 15) is 19.8 Å². The van der Waals surface area contributed by atoms with Crippen LogP contribution in [0.3, 0.4) is 0 Å². The lowest BCUT2D eigenvalue weighted by molar-refractivity contribution is -0.143. The van der Waals surface area contributed by atoms with Gasteiger partial charge in [0.05, 0.1) is 12.2 Å². The summed E-state index contributed by atoms with van der Waals surface area (Å²) in [6.45, 7) is 6.57. The Kier molecular flexibility index (Phi) is 5.72. The summed E-state index contributed by atoms with van der Waals surface area (Å²) in [7, 11) is 0. The number of carbonyl (C=O) groups is 2. The molecule has 1 aliphatic heterocycles. The lowest BCUT2D eigenvalue weighted by atomic mass is 9.48. The molecule has 0 bridgehead atoms. The zero-order valence-corrected chi connectivity index (χ0v) is 18.6. The molecule has 4 fully saturated rings. The first-order valence-corrected chi connectivity index (χ1v) is 11.9. The second-order valence-corrected chi connectivity index (χ2v) is 11.4. The molecule has 0 spiro atoms. The van der Waals surface area contributed by atoms with E-state index >= 15 is 0 Å². The zero-order valence-electron chi connectivity index (χ0n) is 18.6. The summed E-state index contributed by atoms with van der Waals surface area (Å²) in [5, 5.41) is 34.0. The number of carboxylic acid groups (broad SMARTS) is 1. The molecule has 30 heavy (non-hydrogen) atoms. The Bertz CT molecular complexity index is 697. The van der Waals surface area contributed by atoms with Crippen molar-refractivity contribution in [2.45, 2.75) is 96.3 Å². The van der Waals surface area contributed by atoms with Crippen molar-refractivity contribution in [3.05, 3.63) is 0 Å². The summed E-state index contributed by atoms with van der Waals surface area (Å²) in [5.41, 5.74) is -0.411. The number of aliphatic hydroxyl groups is 2. The Morgan fingerprint density at radius 1 is 1.17 bits per heavy atom. The SMILES string of the molecule is C[C@H](CCC(=O)O)[C@H]1CC[C@H]2[C@@H]3[C@H](O)C[C@@H]4C[C@H](O)CC[C@]4(C)[C@H]3CC(=O)N[C@]12C. The highest BCUT2D eigenvalue weighted by molar-refractivity contribution is 5.78. The molecule has 0 radical (unpaired) electrons. The summed E-state index contributed by atoms with van der Waals surface area (Å²) in [6.07, 6.45) is 5.59. The first kappa shape index (κ1) is 22.1. The third kappa shape index (κ3) is 3.48. The first-order chi connectivity index (χ1) is 14.1. The van der Waals surface area contributed by atoms with Crippen LogP contribution in [0.4, 0.5) is 0 Å². The molecule has 4 N–H and O–H groups in total. The zero-order chi connectivity index (χ0) is 21.8. The van der Waals surface area contributed by atoms with Crippen molar-refractivity contribution in [2.75, 3.05) is 0 Å². The van der Waals surface area contributed by atoms with Gasteiger partial charge in [0.2, 0.25) is 5.91 Å². The Morgan fingerprint density at radius 2 is 1.90 bits per heavy atom. The molecular weight excluding hydrogens is 382 g/mol. The van der Waals surface area contributed by atoms with E-state index in [1.807, 2.05) is 0 Å². The molecule has 4 rings (SSSR count). The third-order valence-corrected chi connectivity index (χ3v) is 9.90. The molecule has 6 nitrogen and oxygen atoms in total. The van der Waals surface area contributed by atoms with E-state index in [1.54, 1.807) is 0 Å². The number of nitrogens with one attached hydrogen (secondary N) is 1. The van der Waals surface area contributed by atoms with Crippen LogP contribution in [0.25, 0.3) is 0 Å². The number of aliphatic carboxylic acids is 1. The molecule has 4 aliphatic rings. The van der Waals surface area contributed by atoms with E-state index in [1.165, 1.54) is 0 Å². The van der Waals surface area contributed by atoms with E-state index in [2.05, 4.69) is 26.1 Å². The highest BCUT2D eigenvalue weighted by Crippen LogP contribution is 2.62. The largest absolute Gasteiger partial charge is 0.481 e. The maximum Gasteiger partial charge on any atom is 0.303 e. The van der Waals surface area contributed by atoms with Crippen molar-refractivity contribution >= 4 is 11.9 Å². The van der Waals surface area contributed by atoms with Crippen LogP contribution in [0.5, 0.6) is 0 Å². The van der Waals surface area contributed by atoms with Crippen LogP contribution in [0.15, 0.2) is 0 Å². The molecule has 0 aromatic heterocycles. The maximum atomic E-state index is 13.2. The first-order valence-electron chi connectivity index (χ1n) is 11.9. The van der Waals surface area contributed by atoms with Crippen molar-refractivity contribution < 1.29 is 24.9 Å². The molecule has 170 valence electrons. The number of hydrogen-bond acceptors (Lipinski definition) is 4. The molecule has 1 amide bonds. The van der Waals surface area contributed by atoms with Gasteiger partial charge >= 0.3 is 5.97 Å². The standard InChI is InChI=1S/C24H39NO5/c1-13(4-7-21(29)30)16-5-6-17-22-18(12-20(28)25-24(16,17)3)23(2)9-8-15(26)10-14(23)11-19(22)27/h13-19,22,26-27H,4-12H2,1-3H3,(H,25,28)(H,29,30)/t13-,14+,15-,16-,17+,18+,19-,22+,23+,24-/m1/s1. The fourth-order valence-corrected chi connectivity index (χ4v) is 8.32. The Hall–Kier alpha value is -1.14. The van der Waals surface area contributed by atoms with Crippen LogP contribution in [0, 0.1) is 40.9 Å². The van der Waals surface area contributed by atoms with Crippen molar-refractivity contribution in [1.29, 1.82) is 0 Å². The van der Waals surface area contributed by atoms with Gasteiger partial charge in [0.15, 0.2) is 0 Å².